The summed E-state index contributed by atoms with van der Waals surface area (Å²) in [6, 6.07) is 6.78. The number of aromatic hydroxyl groups is 1. The maximum absolute atomic E-state index is 9.30. The minimum absolute atomic E-state index is 0.198. The molecule has 0 fully saturated rings. The molecule has 1 N–H and O–H groups in total. The van der Waals surface area contributed by atoms with E-state index in [2.05, 4.69) is 10.1 Å². The van der Waals surface area contributed by atoms with Gasteiger partial charge in [-0.15, -0.1) is 0 Å². The van der Waals surface area contributed by atoms with Crippen LogP contribution in [0.3, 0.4) is 0 Å². The molecule has 0 unspecified atom stereocenters. The first-order valence-electron chi connectivity index (χ1n) is 4.80. The van der Waals surface area contributed by atoms with Crippen LogP contribution >= 0.6 is 0 Å². The Morgan fingerprint density at radius 3 is 2.73 bits per heavy atom. The van der Waals surface area contributed by atoms with Gasteiger partial charge in [0.05, 0.1) is 0 Å². The van der Waals surface area contributed by atoms with Gasteiger partial charge in [-0.2, -0.15) is 4.98 Å². The highest BCUT2D eigenvalue weighted by Crippen LogP contribution is 2.22. The molecular weight excluding hydrogens is 192 g/mol. The molecule has 1 aromatic heterocycles. The molecule has 4 heteroatoms. The van der Waals surface area contributed by atoms with Crippen molar-refractivity contribution in [3.05, 3.63) is 30.2 Å². The minimum atomic E-state index is 0.198. The van der Waals surface area contributed by atoms with Crippen molar-refractivity contribution in [2.75, 3.05) is 0 Å². The van der Waals surface area contributed by atoms with Gasteiger partial charge in [-0.05, 0) is 12.1 Å². The van der Waals surface area contributed by atoms with E-state index in [1.165, 1.54) is 0 Å². The molecule has 0 bridgehead atoms. The van der Waals surface area contributed by atoms with Gasteiger partial charge < -0.3 is 9.63 Å². The van der Waals surface area contributed by atoms with E-state index in [9.17, 15) is 5.11 Å². The third kappa shape index (κ3) is 1.98. The Bertz CT molecular complexity index is 463. The number of aromatic nitrogens is 2. The highest BCUT2D eigenvalue weighted by atomic mass is 16.5. The van der Waals surface area contributed by atoms with E-state index in [1.54, 1.807) is 18.2 Å². The Morgan fingerprint density at radius 2 is 2.13 bits per heavy atom. The molecule has 2 aromatic rings. The molecule has 0 saturated carbocycles. The van der Waals surface area contributed by atoms with Crippen LogP contribution in [0.25, 0.3) is 11.4 Å². The first-order valence-corrected chi connectivity index (χ1v) is 4.80. The average molecular weight is 204 g/mol. The minimum Gasteiger partial charge on any atom is -0.508 e. The Kier molecular flexibility index (Phi) is 2.41. The smallest absolute Gasteiger partial charge is 0.229 e. The zero-order valence-corrected chi connectivity index (χ0v) is 8.64. The van der Waals surface area contributed by atoms with Gasteiger partial charge in [0.1, 0.15) is 5.75 Å². The molecule has 2 rings (SSSR count). The predicted molar refractivity (Wildman–Crippen MR) is 55.5 cm³/mol. The van der Waals surface area contributed by atoms with Gasteiger partial charge in [0, 0.05) is 11.5 Å². The molecule has 15 heavy (non-hydrogen) atoms. The molecule has 0 saturated heterocycles. The lowest BCUT2D eigenvalue weighted by Gasteiger charge is -1.95. The molecule has 0 spiro atoms. The van der Waals surface area contributed by atoms with Gasteiger partial charge in [-0.1, -0.05) is 31.1 Å². The van der Waals surface area contributed by atoms with Crippen molar-refractivity contribution in [2.45, 2.75) is 19.8 Å². The fraction of sp³-hybridized carbons (Fsp3) is 0.273. The second-order valence-electron chi connectivity index (χ2n) is 3.66. The van der Waals surface area contributed by atoms with E-state index < -0.39 is 0 Å². The molecule has 1 aromatic carbocycles. The van der Waals surface area contributed by atoms with Crippen LogP contribution in [0.1, 0.15) is 25.7 Å². The standard InChI is InChI=1S/C11H12N2O2/c1-7(2)11-12-10(13-15-11)8-4-3-5-9(14)6-8/h3-7,14H,1-2H3. The first-order chi connectivity index (χ1) is 7.16. The second kappa shape index (κ2) is 3.73. The Morgan fingerprint density at radius 1 is 1.33 bits per heavy atom. The summed E-state index contributed by atoms with van der Waals surface area (Å²) in [5.74, 6) is 1.52. The van der Waals surface area contributed by atoms with Gasteiger partial charge >= 0.3 is 0 Å². The summed E-state index contributed by atoms with van der Waals surface area (Å²) < 4.78 is 5.08. The topological polar surface area (TPSA) is 59.2 Å². The maximum atomic E-state index is 9.30. The van der Waals surface area contributed by atoms with E-state index in [0.717, 1.165) is 5.56 Å². The van der Waals surface area contributed by atoms with Crippen molar-refractivity contribution in [2.24, 2.45) is 0 Å². The first kappa shape index (κ1) is 9.71. The van der Waals surface area contributed by atoms with Crippen LogP contribution in [0, 0.1) is 0 Å². The molecule has 0 atom stereocenters. The molecule has 78 valence electrons. The quantitative estimate of drug-likeness (QED) is 0.816. The van der Waals surface area contributed by atoms with Crippen LogP contribution < -0.4 is 0 Å². The van der Waals surface area contributed by atoms with Crippen molar-refractivity contribution >= 4 is 0 Å². The summed E-state index contributed by atoms with van der Waals surface area (Å²) in [6.45, 7) is 3.97. The van der Waals surface area contributed by atoms with Crippen LogP contribution in [-0.2, 0) is 0 Å². The van der Waals surface area contributed by atoms with Gasteiger partial charge in [0.25, 0.3) is 0 Å². The average Bonchev–Trinajstić information content (AvgIpc) is 2.66. The lowest BCUT2D eigenvalue weighted by Crippen LogP contribution is -1.86. The van der Waals surface area contributed by atoms with Gasteiger partial charge in [0.15, 0.2) is 0 Å². The van der Waals surface area contributed by atoms with Crippen LogP contribution in [0.15, 0.2) is 28.8 Å². The molecule has 0 radical (unpaired) electrons. The monoisotopic (exact) mass is 204 g/mol. The number of rotatable bonds is 2. The fourth-order valence-corrected chi connectivity index (χ4v) is 1.23. The number of hydrogen-bond acceptors (Lipinski definition) is 4. The van der Waals surface area contributed by atoms with E-state index in [0.29, 0.717) is 11.7 Å². The molecule has 0 aliphatic heterocycles. The summed E-state index contributed by atoms with van der Waals surface area (Å²) >= 11 is 0. The second-order valence-corrected chi connectivity index (χ2v) is 3.66. The zero-order valence-electron chi connectivity index (χ0n) is 8.64. The molecule has 1 heterocycles. The fourth-order valence-electron chi connectivity index (χ4n) is 1.23. The van der Waals surface area contributed by atoms with Crippen molar-refractivity contribution in [1.29, 1.82) is 0 Å². The highest BCUT2D eigenvalue weighted by molar-refractivity contribution is 5.56. The van der Waals surface area contributed by atoms with Gasteiger partial charge in [0.2, 0.25) is 11.7 Å². The van der Waals surface area contributed by atoms with Crippen LogP contribution in [0.4, 0.5) is 0 Å². The van der Waals surface area contributed by atoms with Gasteiger partial charge in [-0.25, -0.2) is 0 Å². The molecule has 4 nitrogen and oxygen atoms in total. The van der Waals surface area contributed by atoms with E-state index >= 15 is 0 Å². The van der Waals surface area contributed by atoms with E-state index in [4.69, 9.17) is 4.52 Å². The number of hydrogen-bond donors (Lipinski definition) is 1. The SMILES string of the molecule is CC(C)c1nc(-c2cccc(O)c2)no1. The summed E-state index contributed by atoms with van der Waals surface area (Å²) in [5.41, 5.74) is 0.755. The van der Waals surface area contributed by atoms with Crippen molar-refractivity contribution in [3.8, 4) is 17.1 Å². The van der Waals surface area contributed by atoms with Crippen molar-refractivity contribution in [1.82, 2.24) is 10.1 Å². The molecule has 0 amide bonds. The van der Waals surface area contributed by atoms with Crippen LogP contribution in [0.5, 0.6) is 5.75 Å². The van der Waals surface area contributed by atoms with E-state index in [-0.39, 0.29) is 11.7 Å². The third-order valence-electron chi connectivity index (χ3n) is 2.04. The summed E-state index contributed by atoms with van der Waals surface area (Å²) in [7, 11) is 0. The summed E-state index contributed by atoms with van der Waals surface area (Å²) in [6.07, 6.45) is 0. The lowest BCUT2D eigenvalue weighted by molar-refractivity contribution is 0.365. The van der Waals surface area contributed by atoms with Crippen molar-refractivity contribution in [3.63, 3.8) is 0 Å². The molecular formula is C11H12N2O2. The molecule has 0 aliphatic rings. The van der Waals surface area contributed by atoms with Gasteiger partial charge in [-0.3, -0.25) is 0 Å². The number of nitrogens with zero attached hydrogens (tertiary/aromatic N) is 2. The van der Waals surface area contributed by atoms with E-state index in [1.807, 2.05) is 19.9 Å². The van der Waals surface area contributed by atoms with Crippen LogP contribution in [0.2, 0.25) is 0 Å². The number of phenols is 1. The highest BCUT2D eigenvalue weighted by Gasteiger charge is 2.11. The predicted octanol–water partition coefficient (Wildman–Crippen LogP) is 2.57. The largest absolute Gasteiger partial charge is 0.508 e. The normalized spacial score (nSPS) is 10.9. The van der Waals surface area contributed by atoms with Crippen molar-refractivity contribution < 1.29 is 9.63 Å². The Balaban J connectivity index is 2.37. The summed E-state index contributed by atoms with van der Waals surface area (Å²) in [5, 5.41) is 13.2. The lowest BCUT2D eigenvalue weighted by atomic mass is 10.2. The van der Waals surface area contributed by atoms with Crippen LogP contribution in [-0.4, -0.2) is 15.2 Å². The summed E-state index contributed by atoms with van der Waals surface area (Å²) in [4.78, 5) is 4.23. The number of phenolic OH excluding ortho intramolecular Hbond substituents is 1. The Labute approximate surface area is 87.6 Å². The third-order valence-corrected chi connectivity index (χ3v) is 2.04. The molecule has 0 aliphatic carbocycles. The number of benzene rings is 1. The zero-order chi connectivity index (χ0) is 10.8. The Hall–Kier alpha value is -1.84. The maximum Gasteiger partial charge on any atom is 0.229 e.